The second-order valence-electron chi connectivity index (χ2n) is 5.62. The highest BCUT2D eigenvalue weighted by molar-refractivity contribution is 5.22. The summed E-state index contributed by atoms with van der Waals surface area (Å²) in [4.78, 5) is 19.7. The SMILES string of the molecule is CCC1CCCC(c2nc3c(c(=O)[nH]2)CNC3)C1. The third kappa shape index (κ3) is 2.09. The molecule has 2 heterocycles. The molecule has 1 aromatic heterocycles. The molecule has 4 nitrogen and oxygen atoms in total. The highest BCUT2D eigenvalue weighted by Crippen LogP contribution is 2.36. The van der Waals surface area contributed by atoms with Gasteiger partial charge in [0.05, 0.1) is 11.3 Å². The second kappa shape index (κ2) is 4.84. The van der Waals surface area contributed by atoms with Crippen molar-refractivity contribution in [2.45, 2.75) is 58.0 Å². The van der Waals surface area contributed by atoms with Crippen LogP contribution in [0.15, 0.2) is 4.79 Å². The van der Waals surface area contributed by atoms with Crippen molar-refractivity contribution in [2.75, 3.05) is 0 Å². The van der Waals surface area contributed by atoms with Gasteiger partial charge in [-0.2, -0.15) is 0 Å². The third-order valence-corrected chi connectivity index (χ3v) is 4.46. The maximum absolute atomic E-state index is 12.0. The Hall–Kier alpha value is -1.16. The highest BCUT2D eigenvalue weighted by atomic mass is 16.1. The Kier molecular flexibility index (Phi) is 3.20. The van der Waals surface area contributed by atoms with Crippen molar-refractivity contribution < 1.29 is 0 Å². The minimum absolute atomic E-state index is 0.0682. The molecule has 4 heteroatoms. The van der Waals surface area contributed by atoms with Crippen LogP contribution >= 0.6 is 0 Å². The average Bonchev–Trinajstić information content (AvgIpc) is 2.87. The van der Waals surface area contributed by atoms with Gasteiger partial charge in [-0.3, -0.25) is 4.79 Å². The van der Waals surface area contributed by atoms with E-state index in [0.29, 0.717) is 12.5 Å². The first kappa shape index (κ1) is 11.9. The molecule has 18 heavy (non-hydrogen) atoms. The zero-order chi connectivity index (χ0) is 12.5. The van der Waals surface area contributed by atoms with E-state index in [9.17, 15) is 4.79 Å². The van der Waals surface area contributed by atoms with Crippen LogP contribution in [0, 0.1) is 5.92 Å². The van der Waals surface area contributed by atoms with Crippen molar-refractivity contribution >= 4 is 0 Å². The molecular formula is C14H21N3O. The molecule has 0 spiro atoms. The predicted molar refractivity (Wildman–Crippen MR) is 70.4 cm³/mol. The van der Waals surface area contributed by atoms with Crippen LogP contribution < -0.4 is 10.9 Å². The number of nitrogens with zero attached hydrogens (tertiary/aromatic N) is 1. The minimum atomic E-state index is 0.0682. The Morgan fingerprint density at radius 2 is 2.22 bits per heavy atom. The molecule has 0 amide bonds. The summed E-state index contributed by atoms with van der Waals surface area (Å²) in [5.41, 5.74) is 1.87. The van der Waals surface area contributed by atoms with Gasteiger partial charge in [-0.15, -0.1) is 0 Å². The average molecular weight is 247 g/mol. The summed E-state index contributed by atoms with van der Waals surface area (Å²) in [6, 6.07) is 0. The van der Waals surface area contributed by atoms with Crippen molar-refractivity contribution in [3.8, 4) is 0 Å². The first-order valence-electron chi connectivity index (χ1n) is 7.10. The van der Waals surface area contributed by atoms with E-state index in [1.165, 1.54) is 32.1 Å². The molecule has 0 saturated heterocycles. The molecule has 98 valence electrons. The molecule has 0 aromatic carbocycles. The normalized spacial score (nSPS) is 27.2. The lowest BCUT2D eigenvalue weighted by Gasteiger charge is -2.27. The largest absolute Gasteiger partial charge is 0.310 e. The molecule has 2 N–H and O–H groups in total. The number of H-pyrrole nitrogens is 1. The number of aromatic nitrogens is 2. The third-order valence-electron chi connectivity index (χ3n) is 4.46. The topological polar surface area (TPSA) is 57.8 Å². The van der Waals surface area contributed by atoms with Gasteiger partial charge in [0.2, 0.25) is 0 Å². The molecular weight excluding hydrogens is 226 g/mol. The first-order chi connectivity index (χ1) is 8.78. The second-order valence-corrected chi connectivity index (χ2v) is 5.62. The smallest absolute Gasteiger partial charge is 0.255 e. The van der Waals surface area contributed by atoms with Crippen molar-refractivity contribution in [3.05, 3.63) is 27.4 Å². The predicted octanol–water partition coefficient (Wildman–Crippen LogP) is 2.06. The molecule has 3 rings (SSSR count). The van der Waals surface area contributed by atoms with Crippen molar-refractivity contribution in [3.63, 3.8) is 0 Å². The summed E-state index contributed by atoms with van der Waals surface area (Å²) < 4.78 is 0. The fourth-order valence-corrected chi connectivity index (χ4v) is 3.30. The van der Waals surface area contributed by atoms with Gasteiger partial charge in [0.15, 0.2) is 0 Å². The summed E-state index contributed by atoms with van der Waals surface area (Å²) in [6.45, 7) is 3.67. The zero-order valence-corrected chi connectivity index (χ0v) is 11.0. The van der Waals surface area contributed by atoms with Crippen LogP contribution in [0.1, 0.15) is 62.0 Å². The van der Waals surface area contributed by atoms with Gasteiger partial charge < -0.3 is 10.3 Å². The number of hydrogen-bond acceptors (Lipinski definition) is 3. The van der Waals surface area contributed by atoms with Crippen molar-refractivity contribution in [2.24, 2.45) is 5.92 Å². The molecule has 1 fully saturated rings. The van der Waals surface area contributed by atoms with Crippen molar-refractivity contribution in [1.82, 2.24) is 15.3 Å². The first-order valence-corrected chi connectivity index (χ1v) is 7.10. The van der Waals surface area contributed by atoms with Gasteiger partial charge in [0.25, 0.3) is 5.56 Å². The van der Waals surface area contributed by atoms with Crippen LogP contribution in [-0.2, 0) is 13.1 Å². The number of rotatable bonds is 2. The number of hydrogen-bond donors (Lipinski definition) is 2. The molecule has 1 saturated carbocycles. The van der Waals surface area contributed by atoms with Crippen LogP contribution in [0.3, 0.4) is 0 Å². The van der Waals surface area contributed by atoms with Gasteiger partial charge in [0, 0.05) is 19.0 Å². The van der Waals surface area contributed by atoms with E-state index < -0.39 is 0 Å². The molecule has 1 aliphatic carbocycles. The Morgan fingerprint density at radius 3 is 3.06 bits per heavy atom. The van der Waals surface area contributed by atoms with E-state index >= 15 is 0 Å². The van der Waals surface area contributed by atoms with Gasteiger partial charge >= 0.3 is 0 Å². The van der Waals surface area contributed by atoms with Gasteiger partial charge in [-0.05, 0) is 18.8 Å². The van der Waals surface area contributed by atoms with Crippen LogP contribution in [0.25, 0.3) is 0 Å². The molecule has 1 aliphatic heterocycles. The summed E-state index contributed by atoms with van der Waals surface area (Å²) in [6.07, 6.45) is 6.20. The molecule has 2 atom stereocenters. The van der Waals surface area contributed by atoms with Crippen LogP contribution in [0.5, 0.6) is 0 Å². The summed E-state index contributed by atoms with van der Waals surface area (Å²) in [5, 5.41) is 3.20. The Balaban J connectivity index is 1.88. The Morgan fingerprint density at radius 1 is 1.33 bits per heavy atom. The van der Waals surface area contributed by atoms with E-state index in [0.717, 1.165) is 29.5 Å². The molecule has 0 bridgehead atoms. The number of aromatic amines is 1. The van der Waals surface area contributed by atoms with Gasteiger partial charge in [-0.1, -0.05) is 26.2 Å². The maximum Gasteiger partial charge on any atom is 0.255 e. The van der Waals surface area contributed by atoms with Gasteiger partial charge in [-0.25, -0.2) is 4.98 Å². The quantitative estimate of drug-likeness (QED) is 0.841. The van der Waals surface area contributed by atoms with Crippen LogP contribution in [0.4, 0.5) is 0 Å². The lowest BCUT2D eigenvalue weighted by atomic mass is 9.80. The number of nitrogens with one attached hydrogen (secondary N) is 2. The summed E-state index contributed by atoms with van der Waals surface area (Å²) >= 11 is 0. The minimum Gasteiger partial charge on any atom is -0.310 e. The highest BCUT2D eigenvalue weighted by Gasteiger charge is 2.26. The van der Waals surface area contributed by atoms with Crippen LogP contribution in [0.2, 0.25) is 0 Å². The molecule has 1 aromatic rings. The maximum atomic E-state index is 12.0. The summed E-state index contributed by atoms with van der Waals surface area (Å²) in [7, 11) is 0. The fourth-order valence-electron chi connectivity index (χ4n) is 3.30. The van der Waals surface area contributed by atoms with E-state index in [1.54, 1.807) is 0 Å². The van der Waals surface area contributed by atoms with E-state index in [-0.39, 0.29) is 5.56 Å². The molecule has 2 aliphatic rings. The van der Waals surface area contributed by atoms with Crippen molar-refractivity contribution in [1.29, 1.82) is 0 Å². The standard InChI is InChI=1S/C14H21N3O/c1-2-9-4-3-5-10(6-9)13-16-12-8-15-7-11(12)14(18)17-13/h9-10,15H,2-8H2,1H3,(H,16,17,18). The lowest BCUT2D eigenvalue weighted by molar-refractivity contribution is 0.306. The van der Waals surface area contributed by atoms with E-state index in [1.807, 2.05) is 0 Å². The van der Waals surface area contributed by atoms with E-state index in [4.69, 9.17) is 0 Å². The Labute approximate surface area is 107 Å². The molecule has 0 radical (unpaired) electrons. The van der Waals surface area contributed by atoms with E-state index in [2.05, 4.69) is 22.2 Å². The van der Waals surface area contributed by atoms with Gasteiger partial charge in [0.1, 0.15) is 5.82 Å². The monoisotopic (exact) mass is 247 g/mol. The number of fused-ring (bicyclic) bond motifs is 1. The zero-order valence-electron chi connectivity index (χ0n) is 11.0. The Bertz CT molecular complexity index is 494. The fraction of sp³-hybridized carbons (Fsp3) is 0.714. The summed E-state index contributed by atoms with van der Waals surface area (Å²) in [5.74, 6) is 2.20. The molecule has 2 unspecified atom stereocenters. The van der Waals surface area contributed by atoms with Crippen LogP contribution in [-0.4, -0.2) is 9.97 Å². The lowest BCUT2D eigenvalue weighted by Crippen LogP contribution is -2.22.